The number of aromatic amines is 1. The lowest BCUT2D eigenvalue weighted by molar-refractivity contribution is -0.0520. The Labute approximate surface area is 106 Å². The molecule has 0 amide bonds. The van der Waals surface area contributed by atoms with Crippen LogP contribution in [-0.4, -0.2) is 38.6 Å². The lowest BCUT2D eigenvalue weighted by Crippen LogP contribution is -2.36. The largest absolute Gasteiger partial charge is 0.394 e. The summed E-state index contributed by atoms with van der Waals surface area (Å²) in [6.07, 6.45) is -2.28. The highest BCUT2D eigenvalue weighted by molar-refractivity contribution is 5.39. The van der Waals surface area contributed by atoms with E-state index in [0.29, 0.717) is 0 Å². The third-order valence-electron chi connectivity index (χ3n) is 3.23. The van der Waals surface area contributed by atoms with Crippen LogP contribution in [0.3, 0.4) is 0 Å². The summed E-state index contributed by atoms with van der Waals surface area (Å²) in [6.45, 7) is -0.160. The Morgan fingerprint density at radius 2 is 2.26 bits per heavy atom. The molecule has 0 bridgehead atoms. The molecule has 3 heterocycles. The van der Waals surface area contributed by atoms with Crippen molar-refractivity contribution in [1.82, 2.24) is 9.55 Å². The smallest absolute Gasteiger partial charge is 0.332 e. The standard InChI is InChI=1S/C10H12N4O5/c15-3-4-1-6(16)9(19-4)14-7-5(2-11-13-7)8(17)12-10(14)18/h4,6,9,15-16H,1-3H2,(H,12,17,18)/t4-,6-,9+/m0/s1. The van der Waals surface area contributed by atoms with E-state index in [1.54, 1.807) is 0 Å². The first-order chi connectivity index (χ1) is 9.11. The second kappa shape index (κ2) is 4.37. The lowest BCUT2D eigenvalue weighted by Gasteiger charge is -2.18. The van der Waals surface area contributed by atoms with Crippen molar-refractivity contribution in [3.63, 3.8) is 0 Å². The van der Waals surface area contributed by atoms with Gasteiger partial charge in [-0.1, -0.05) is 0 Å². The van der Waals surface area contributed by atoms with Gasteiger partial charge in [-0.3, -0.25) is 9.78 Å². The molecular weight excluding hydrogens is 256 g/mol. The Balaban J connectivity index is 2.12. The Bertz CT molecular complexity index is 648. The van der Waals surface area contributed by atoms with Gasteiger partial charge in [0.1, 0.15) is 6.10 Å². The zero-order chi connectivity index (χ0) is 13.6. The quantitative estimate of drug-likeness (QED) is 0.618. The fraction of sp³-hybridized carbons (Fsp3) is 0.600. The number of hydrogen-bond donors (Lipinski definition) is 3. The van der Waals surface area contributed by atoms with Crippen LogP contribution in [0.25, 0.3) is 0 Å². The molecule has 3 N–H and O–H groups in total. The first-order valence-electron chi connectivity index (χ1n) is 5.81. The van der Waals surface area contributed by atoms with Crippen LogP contribution >= 0.6 is 0 Å². The maximum Gasteiger partial charge on any atom is 0.332 e. The van der Waals surface area contributed by atoms with Gasteiger partial charge >= 0.3 is 5.69 Å². The van der Waals surface area contributed by atoms with Crippen molar-refractivity contribution >= 4 is 5.82 Å². The van der Waals surface area contributed by atoms with E-state index in [0.717, 1.165) is 4.57 Å². The van der Waals surface area contributed by atoms with Crippen LogP contribution in [0.2, 0.25) is 0 Å². The van der Waals surface area contributed by atoms with Crippen molar-refractivity contribution in [3.05, 3.63) is 26.4 Å². The summed E-state index contributed by atoms with van der Waals surface area (Å²) in [4.78, 5) is 25.6. The van der Waals surface area contributed by atoms with Crippen LogP contribution in [0.1, 0.15) is 18.2 Å². The van der Waals surface area contributed by atoms with Crippen molar-refractivity contribution in [2.24, 2.45) is 10.2 Å². The van der Waals surface area contributed by atoms with Gasteiger partial charge in [0.05, 0.1) is 24.8 Å². The zero-order valence-electron chi connectivity index (χ0n) is 9.81. The van der Waals surface area contributed by atoms with E-state index >= 15 is 0 Å². The summed E-state index contributed by atoms with van der Waals surface area (Å²) >= 11 is 0. The van der Waals surface area contributed by atoms with Crippen LogP contribution in [-0.2, 0) is 11.3 Å². The minimum atomic E-state index is -0.979. The minimum Gasteiger partial charge on any atom is -0.394 e. The highest BCUT2D eigenvalue weighted by Crippen LogP contribution is 2.32. The van der Waals surface area contributed by atoms with Gasteiger partial charge in [-0.25, -0.2) is 9.36 Å². The summed E-state index contributed by atoms with van der Waals surface area (Å²) in [5, 5.41) is 26.4. The van der Waals surface area contributed by atoms with Crippen molar-refractivity contribution in [2.45, 2.75) is 31.4 Å². The molecule has 2 aliphatic rings. The fourth-order valence-corrected chi connectivity index (χ4v) is 2.32. The Morgan fingerprint density at radius 1 is 1.47 bits per heavy atom. The number of azo groups is 1. The maximum atomic E-state index is 11.9. The molecule has 0 radical (unpaired) electrons. The van der Waals surface area contributed by atoms with E-state index in [-0.39, 0.29) is 31.0 Å². The summed E-state index contributed by atoms with van der Waals surface area (Å²) in [5.74, 6) is 0.108. The van der Waals surface area contributed by atoms with Crippen molar-refractivity contribution in [2.75, 3.05) is 6.61 Å². The van der Waals surface area contributed by atoms with E-state index < -0.39 is 29.7 Å². The van der Waals surface area contributed by atoms with Gasteiger partial charge < -0.3 is 14.9 Å². The molecule has 2 aliphatic heterocycles. The van der Waals surface area contributed by atoms with Crippen molar-refractivity contribution in [3.8, 4) is 0 Å². The predicted octanol–water partition coefficient (Wildman–Crippen LogP) is -1.23. The van der Waals surface area contributed by atoms with Crippen LogP contribution in [0.5, 0.6) is 0 Å². The number of fused-ring (bicyclic) bond motifs is 1. The second-order valence-electron chi connectivity index (χ2n) is 4.47. The molecule has 0 saturated carbocycles. The summed E-state index contributed by atoms with van der Waals surface area (Å²) < 4.78 is 6.47. The lowest BCUT2D eigenvalue weighted by atomic mass is 10.2. The fourth-order valence-electron chi connectivity index (χ4n) is 2.32. The Kier molecular flexibility index (Phi) is 2.81. The van der Waals surface area contributed by atoms with Gasteiger partial charge in [-0.2, -0.15) is 5.11 Å². The monoisotopic (exact) mass is 268 g/mol. The van der Waals surface area contributed by atoms with E-state index in [2.05, 4.69) is 15.2 Å². The number of hydrogen-bond acceptors (Lipinski definition) is 7. The van der Waals surface area contributed by atoms with E-state index in [4.69, 9.17) is 9.84 Å². The third kappa shape index (κ3) is 1.82. The van der Waals surface area contributed by atoms with E-state index in [1.165, 1.54) is 0 Å². The minimum absolute atomic E-state index is 0.0944. The topological polar surface area (TPSA) is 129 Å². The van der Waals surface area contributed by atoms with Crippen LogP contribution < -0.4 is 11.2 Å². The van der Waals surface area contributed by atoms with Crippen LogP contribution in [0.15, 0.2) is 19.8 Å². The number of nitrogens with one attached hydrogen (secondary N) is 1. The van der Waals surface area contributed by atoms with Crippen LogP contribution in [0.4, 0.5) is 5.82 Å². The summed E-state index contributed by atoms with van der Waals surface area (Å²) in [7, 11) is 0. The first kappa shape index (κ1) is 12.2. The average Bonchev–Trinajstić information content (AvgIpc) is 2.97. The molecule has 0 spiro atoms. The molecule has 1 fully saturated rings. The number of H-pyrrole nitrogens is 1. The molecule has 0 aromatic carbocycles. The van der Waals surface area contributed by atoms with Gasteiger partial charge in [-0.15, -0.1) is 5.11 Å². The second-order valence-corrected chi connectivity index (χ2v) is 4.47. The molecule has 1 aromatic rings. The van der Waals surface area contributed by atoms with Gasteiger partial charge in [0.25, 0.3) is 5.56 Å². The van der Waals surface area contributed by atoms with Crippen molar-refractivity contribution < 1.29 is 14.9 Å². The molecular formula is C10H12N4O5. The highest BCUT2D eigenvalue weighted by Gasteiger charge is 2.38. The number of aliphatic hydroxyl groups excluding tert-OH is 2. The molecule has 0 unspecified atom stereocenters. The van der Waals surface area contributed by atoms with Gasteiger partial charge in [0.15, 0.2) is 12.0 Å². The predicted molar refractivity (Wildman–Crippen MR) is 61.2 cm³/mol. The summed E-state index contributed by atoms with van der Waals surface area (Å²) in [5.41, 5.74) is -0.984. The molecule has 102 valence electrons. The van der Waals surface area contributed by atoms with E-state index in [1.807, 2.05) is 0 Å². The number of rotatable bonds is 2. The maximum absolute atomic E-state index is 11.9. The zero-order valence-corrected chi connectivity index (χ0v) is 9.81. The molecule has 1 aromatic heterocycles. The number of aliphatic hydroxyl groups is 2. The summed E-state index contributed by atoms with van der Waals surface area (Å²) in [6, 6.07) is 0. The molecule has 0 aliphatic carbocycles. The average molecular weight is 268 g/mol. The molecule has 3 rings (SSSR count). The SMILES string of the molecule is O=c1[nH]c(=O)n([C@@H]2O[C@H](CO)C[C@@H]2O)c2c1CN=N2. The number of nitrogens with zero attached hydrogens (tertiary/aromatic N) is 3. The highest BCUT2D eigenvalue weighted by atomic mass is 16.5. The van der Waals surface area contributed by atoms with Crippen molar-refractivity contribution in [1.29, 1.82) is 0 Å². The Hall–Kier alpha value is -1.84. The molecule has 1 saturated heterocycles. The van der Waals surface area contributed by atoms with Gasteiger partial charge in [0, 0.05) is 6.42 Å². The molecule has 19 heavy (non-hydrogen) atoms. The molecule has 9 nitrogen and oxygen atoms in total. The Morgan fingerprint density at radius 3 is 2.95 bits per heavy atom. The first-order valence-corrected chi connectivity index (χ1v) is 5.81. The molecule has 9 heteroatoms. The normalized spacial score (nSPS) is 28.8. The number of ether oxygens (including phenoxy) is 1. The van der Waals surface area contributed by atoms with Crippen LogP contribution in [0, 0.1) is 0 Å². The third-order valence-corrected chi connectivity index (χ3v) is 3.23. The van der Waals surface area contributed by atoms with E-state index in [9.17, 15) is 14.7 Å². The van der Waals surface area contributed by atoms with Gasteiger partial charge in [0.2, 0.25) is 0 Å². The van der Waals surface area contributed by atoms with Gasteiger partial charge in [-0.05, 0) is 0 Å². The number of aromatic nitrogens is 2. The molecule has 3 atom stereocenters.